The molecular formula is C21H18BrN3O2. The zero-order chi connectivity index (χ0) is 19.2. The van der Waals surface area contributed by atoms with Crippen molar-refractivity contribution in [2.24, 2.45) is 0 Å². The Labute approximate surface area is 166 Å². The second-order valence-corrected chi connectivity index (χ2v) is 6.49. The maximum absolute atomic E-state index is 9.62. The van der Waals surface area contributed by atoms with Gasteiger partial charge in [-0.1, -0.05) is 24.8 Å². The minimum Gasteiger partial charge on any atom is -0.490 e. The Balaban J connectivity index is 2.03. The van der Waals surface area contributed by atoms with Gasteiger partial charge in [-0.25, -0.2) is 4.98 Å². The number of ether oxygens (including phenoxy) is 2. The summed E-state index contributed by atoms with van der Waals surface area (Å²) in [6, 6.07) is 13.6. The Kier molecular flexibility index (Phi) is 5.94. The fourth-order valence-electron chi connectivity index (χ4n) is 2.62. The largest absolute Gasteiger partial charge is 0.490 e. The van der Waals surface area contributed by atoms with Gasteiger partial charge in [-0.2, -0.15) is 5.26 Å². The quantitative estimate of drug-likeness (QED) is 0.410. The molecule has 3 rings (SSSR count). The highest BCUT2D eigenvalue weighted by Crippen LogP contribution is 2.38. The normalized spacial score (nSPS) is 11.2. The summed E-state index contributed by atoms with van der Waals surface area (Å²) in [7, 11) is 0. The number of rotatable bonds is 7. The molecule has 0 fully saturated rings. The molecule has 6 heteroatoms. The Morgan fingerprint density at radius 1 is 1.33 bits per heavy atom. The van der Waals surface area contributed by atoms with Crippen LogP contribution in [-0.2, 0) is 0 Å². The first-order chi connectivity index (χ1) is 13.2. The number of H-pyrrole nitrogens is 1. The van der Waals surface area contributed by atoms with Crippen molar-refractivity contribution in [2.75, 3.05) is 13.2 Å². The van der Waals surface area contributed by atoms with Gasteiger partial charge in [0.15, 0.2) is 11.5 Å². The summed E-state index contributed by atoms with van der Waals surface area (Å²) in [5, 5.41) is 9.62. The Morgan fingerprint density at radius 3 is 2.85 bits per heavy atom. The molecule has 0 atom stereocenters. The first-order valence-corrected chi connectivity index (χ1v) is 9.22. The smallest absolute Gasteiger partial charge is 0.175 e. The van der Waals surface area contributed by atoms with E-state index in [1.807, 2.05) is 43.3 Å². The van der Waals surface area contributed by atoms with Gasteiger partial charge in [-0.3, -0.25) is 0 Å². The number of benzene rings is 2. The van der Waals surface area contributed by atoms with E-state index in [0.29, 0.717) is 36.1 Å². The summed E-state index contributed by atoms with van der Waals surface area (Å²) in [6.45, 7) is 6.44. The number of hydrogen-bond acceptors (Lipinski definition) is 4. The molecule has 0 aliphatic heterocycles. The third kappa shape index (κ3) is 4.21. The van der Waals surface area contributed by atoms with E-state index in [9.17, 15) is 5.26 Å². The number of nitrogens with one attached hydrogen (secondary N) is 1. The number of imidazole rings is 1. The Bertz CT molecular complexity index is 1010. The number of fused-ring (bicyclic) bond motifs is 1. The van der Waals surface area contributed by atoms with Crippen molar-refractivity contribution in [3.63, 3.8) is 0 Å². The number of nitrogens with zero attached hydrogens (tertiary/aromatic N) is 2. The topological polar surface area (TPSA) is 70.9 Å². The Hall–Kier alpha value is -3.04. The van der Waals surface area contributed by atoms with E-state index < -0.39 is 0 Å². The van der Waals surface area contributed by atoms with Crippen LogP contribution in [-0.4, -0.2) is 23.2 Å². The highest BCUT2D eigenvalue weighted by atomic mass is 79.9. The van der Waals surface area contributed by atoms with Gasteiger partial charge < -0.3 is 14.5 Å². The standard InChI is InChI=1S/C21H18BrN3O2/c1-3-9-27-20-16(22)11-14(12-19(20)26-4-2)10-15(13-23)21-24-17-7-5-6-8-18(17)25-21/h3,5-8,10-12H,1,4,9H2,2H3,(H,24,25)/b15-10+. The molecule has 1 aromatic heterocycles. The molecule has 136 valence electrons. The SMILES string of the molecule is C=CCOc1c(Br)cc(/C=C(\C#N)c2nc3ccccc3[nH]2)cc1OCC. The summed E-state index contributed by atoms with van der Waals surface area (Å²) in [4.78, 5) is 7.67. The number of aromatic amines is 1. The number of nitriles is 1. The monoisotopic (exact) mass is 423 g/mol. The van der Waals surface area contributed by atoms with Crippen LogP contribution in [0.5, 0.6) is 11.5 Å². The van der Waals surface area contributed by atoms with Crippen molar-refractivity contribution in [1.82, 2.24) is 9.97 Å². The van der Waals surface area contributed by atoms with Gasteiger partial charge in [0.2, 0.25) is 0 Å². The second kappa shape index (κ2) is 8.56. The van der Waals surface area contributed by atoms with Crippen molar-refractivity contribution in [3.8, 4) is 17.6 Å². The minimum atomic E-state index is 0.371. The summed E-state index contributed by atoms with van der Waals surface area (Å²) in [5.74, 6) is 1.73. The molecule has 0 radical (unpaired) electrons. The molecule has 0 aliphatic carbocycles. The fraction of sp³-hybridized carbons (Fsp3) is 0.143. The number of aromatic nitrogens is 2. The highest BCUT2D eigenvalue weighted by Gasteiger charge is 2.13. The number of para-hydroxylation sites is 2. The summed E-state index contributed by atoms with van der Waals surface area (Å²) >= 11 is 3.52. The first kappa shape index (κ1) is 18.7. The van der Waals surface area contributed by atoms with E-state index in [1.165, 1.54) is 0 Å². The van der Waals surface area contributed by atoms with Crippen LogP contribution in [0.25, 0.3) is 22.7 Å². The van der Waals surface area contributed by atoms with Crippen LogP contribution in [0, 0.1) is 11.3 Å². The van der Waals surface area contributed by atoms with Gasteiger partial charge in [-0.15, -0.1) is 0 Å². The lowest BCUT2D eigenvalue weighted by atomic mass is 10.1. The molecule has 3 aromatic rings. The zero-order valence-corrected chi connectivity index (χ0v) is 16.4. The molecule has 0 unspecified atom stereocenters. The van der Waals surface area contributed by atoms with Crippen LogP contribution in [0.3, 0.4) is 0 Å². The van der Waals surface area contributed by atoms with Gasteiger partial charge in [0.25, 0.3) is 0 Å². The molecule has 0 saturated heterocycles. The highest BCUT2D eigenvalue weighted by molar-refractivity contribution is 9.10. The summed E-state index contributed by atoms with van der Waals surface area (Å²) < 4.78 is 12.1. The predicted molar refractivity (Wildman–Crippen MR) is 111 cm³/mol. The van der Waals surface area contributed by atoms with Crippen LogP contribution in [0.15, 0.2) is 53.5 Å². The maximum atomic E-state index is 9.62. The molecule has 5 nitrogen and oxygen atoms in total. The maximum Gasteiger partial charge on any atom is 0.175 e. The zero-order valence-electron chi connectivity index (χ0n) is 14.8. The van der Waals surface area contributed by atoms with Crippen molar-refractivity contribution in [1.29, 1.82) is 5.26 Å². The van der Waals surface area contributed by atoms with Crippen LogP contribution >= 0.6 is 15.9 Å². The lowest BCUT2D eigenvalue weighted by Crippen LogP contribution is -2.00. The molecule has 27 heavy (non-hydrogen) atoms. The lowest BCUT2D eigenvalue weighted by molar-refractivity contribution is 0.295. The molecule has 0 spiro atoms. The molecule has 0 amide bonds. The first-order valence-electron chi connectivity index (χ1n) is 8.43. The second-order valence-electron chi connectivity index (χ2n) is 5.64. The van der Waals surface area contributed by atoms with Gasteiger partial charge in [-0.05, 0) is 58.8 Å². The van der Waals surface area contributed by atoms with Gasteiger partial charge in [0.05, 0.1) is 27.7 Å². The van der Waals surface area contributed by atoms with Crippen molar-refractivity contribution in [3.05, 3.63) is 64.9 Å². The Morgan fingerprint density at radius 2 is 2.15 bits per heavy atom. The summed E-state index contributed by atoms with van der Waals surface area (Å²) in [5.41, 5.74) is 2.93. The van der Waals surface area contributed by atoms with Crippen molar-refractivity contribution < 1.29 is 9.47 Å². The van der Waals surface area contributed by atoms with Crippen LogP contribution in [0.1, 0.15) is 18.3 Å². The fourth-order valence-corrected chi connectivity index (χ4v) is 3.19. The van der Waals surface area contributed by atoms with Gasteiger partial charge in [0, 0.05) is 0 Å². The summed E-state index contributed by atoms with van der Waals surface area (Å²) in [6.07, 6.45) is 3.44. The third-order valence-electron chi connectivity index (χ3n) is 3.75. The number of halogens is 1. The molecule has 1 N–H and O–H groups in total. The van der Waals surface area contributed by atoms with E-state index in [1.54, 1.807) is 12.2 Å². The van der Waals surface area contributed by atoms with E-state index in [0.717, 1.165) is 21.1 Å². The molecular weight excluding hydrogens is 406 g/mol. The third-order valence-corrected chi connectivity index (χ3v) is 4.34. The molecule has 0 bridgehead atoms. The molecule has 0 aliphatic rings. The number of allylic oxidation sites excluding steroid dienone is 1. The molecule has 0 saturated carbocycles. The average Bonchev–Trinajstić information content (AvgIpc) is 3.09. The van der Waals surface area contributed by atoms with E-state index >= 15 is 0 Å². The van der Waals surface area contributed by atoms with Gasteiger partial charge >= 0.3 is 0 Å². The minimum absolute atomic E-state index is 0.371. The van der Waals surface area contributed by atoms with E-state index in [2.05, 4.69) is 38.5 Å². The predicted octanol–water partition coefficient (Wildman–Crippen LogP) is 5.35. The number of hydrogen-bond donors (Lipinski definition) is 1. The molecule has 2 aromatic carbocycles. The van der Waals surface area contributed by atoms with Crippen LogP contribution in [0.4, 0.5) is 0 Å². The van der Waals surface area contributed by atoms with Crippen molar-refractivity contribution >= 4 is 38.6 Å². The van der Waals surface area contributed by atoms with Crippen molar-refractivity contribution in [2.45, 2.75) is 6.92 Å². The average molecular weight is 424 g/mol. The van der Waals surface area contributed by atoms with E-state index in [-0.39, 0.29) is 0 Å². The van der Waals surface area contributed by atoms with Gasteiger partial charge in [0.1, 0.15) is 18.5 Å². The van der Waals surface area contributed by atoms with Crippen LogP contribution in [0.2, 0.25) is 0 Å². The van der Waals surface area contributed by atoms with Crippen LogP contribution < -0.4 is 9.47 Å². The lowest BCUT2D eigenvalue weighted by Gasteiger charge is -2.13. The molecule has 1 heterocycles. The van der Waals surface area contributed by atoms with E-state index in [4.69, 9.17) is 9.47 Å².